The highest BCUT2D eigenvalue weighted by Gasteiger charge is 2.23. The Balaban J connectivity index is 1.83. The lowest BCUT2D eigenvalue weighted by Crippen LogP contribution is -2.42. The Bertz CT molecular complexity index is 542. The van der Waals surface area contributed by atoms with Crippen molar-refractivity contribution in [2.24, 2.45) is 5.92 Å². The van der Waals surface area contributed by atoms with E-state index in [-0.39, 0.29) is 24.1 Å². The van der Waals surface area contributed by atoms with Crippen molar-refractivity contribution >= 4 is 35.1 Å². The van der Waals surface area contributed by atoms with Crippen LogP contribution in [0.2, 0.25) is 10.0 Å². The molecule has 0 saturated heterocycles. The van der Waals surface area contributed by atoms with Gasteiger partial charge in [0.05, 0.1) is 5.56 Å². The van der Waals surface area contributed by atoms with Crippen molar-refractivity contribution in [3.8, 4) is 0 Å². The molecule has 6 heteroatoms. The van der Waals surface area contributed by atoms with Crippen molar-refractivity contribution in [3.63, 3.8) is 0 Å². The molecule has 120 valence electrons. The van der Waals surface area contributed by atoms with E-state index in [1.165, 1.54) is 24.6 Å². The van der Waals surface area contributed by atoms with Gasteiger partial charge in [-0.15, -0.1) is 0 Å². The van der Waals surface area contributed by atoms with E-state index in [1.54, 1.807) is 0 Å². The second-order valence-corrected chi connectivity index (χ2v) is 6.54. The largest absolute Gasteiger partial charge is 0.452 e. The van der Waals surface area contributed by atoms with Crippen molar-refractivity contribution in [3.05, 3.63) is 33.8 Å². The fraction of sp³-hybridized carbons (Fsp3) is 0.500. The summed E-state index contributed by atoms with van der Waals surface area (Å²) in [5.41, 5.74) is 0.233. The first-order chi connectivity index (χ1) is 10.5. The van der Waals surface area contributed by atoms with Gasteiger partial charge in [0.25, 0.3) is 5.91 Å². The maximum atomic E-state index is 11.9. The van der Waals surface area contributed by atoms with Gasteiger partial charge in [-0.25, -0.2) is 4.79 Å². The number of carbonyl (C=O) groups excluding carboxylic acids is 2. The van der Waals surface area contributed by atoms with Crippen LogP contribution >= 0.6 is 23.2 Å². The summed E-state index contributed by atoms with van der Waals surface area (Å²) < 4.78 is 5.01. The predicted octanol–water partition coefficient (Wildman–Crippen LogP) is 3.85. The standard InChI is InChI=1S/C16H19Cl2NO3/c1-10-4-2-3-5-14(10)19-15(20)9-22-16(21)11-6-12(17)8-13(18)7-11/h6-8,10,14H,2-5,9H2,1H3,(H,19,20). The minimum atomic E-state index is -0.615. The number of benzene rings is 1. The van der Waals surface area contributed by atoms with Crippen molar-refractivity contribution in [2.75, 3.05) is 6.61 Å². The van der Waals surface area contributed by atoms with E-state index in [2.05, 4.69) is 12.2 Å². The Morgan fingerprint density at radius 3 is 2.45 bits per heavy atom. The highest BCUT2D eigenvalue weighted by Crippen LogP contribution is 2.23. The molecular formula is C16H19Cl2NO3. The van der Waals surface area contributed by atoms with Crippen LogP contribution < -0.4 is 5.32 Å². The summed E-state index contributed by atoms with van der Waals surface area (Å²) in [6.45, 7) is 1.83. The summed E-state index contributed by atoms with van der Waals surface area (Å²) in [7, 11) is 0. The first-order valence-electron chi connectivity index (χ1n) is 7.38. The van der Waals surface area contributed by atoms with Crippen molar-refractivity contribution in [1.82, 2.24) is 5.32 Å². The van der Waals surface area contributed by atoms with Crippen LogP contribution in [0.15, 0.2) is 18.2 Å². The zero-order valence-electron chi connectivity index (χ0n) is 12.4. The molecule has 0 aromatic heterocycles. The molecule has 2 unspecified atom stereocenters. The van der Waals surface area contributed by atoms with Crippen LogP contribution in [0.3, 0.4) is 0 Å². The number of halogens is 2. The molecule has 0 radical (unpaired) electrons. The minimum Gasteiger partial charge on any atom is -0.452 e. The van der Waals surface area contributed by atoms with Crippen molar-refractivity contribution in [2.45, 2.75) is 38.6 Å². The number of nitrogens with one attached hydrogen (secondary N) is 1. The van der Waals surface area contributed by atoms with Crippen LogP contribution in [0.1, 0.15) is 43.0 Å². The van der Waals surface area contributed by atoms with Crippen LogP contribution in [0.4, 0.5) is 0 Å². The first kappa shape index (κ1) is 17.1. The fourth-order valence-electron chi connectivity index (χ4n) is 2.67. The third-order valence-corrected chi connectivity index (χ3v) is 4.33. The first-order valence-corrected chi connectivity index (χ1v) is 8.14. The molecule has 22 heavy (non-hydrogen) atoms. The number of carbonyl (C=O) groups is 2. The molecule has 1 aliphatic carbocycles. The summed E-state index contributed by atoms with van der Waals surface area (Å²) in [5, 5.41) is 3.62. The number of rotatable bonds is 4. The van der Waals surface area contributed by atoms with Gasteiger partial charge in [0.1, 0.15) is 0 Å². The average molecular weight is 344 g/mol. The molecule has 1 saturated carbocycles. The van der Waals surface area contributed by atoms with Gasteiger partial charge < -0.3 is 10.1 Å². The van der Waals surface area contributed by atoms with E-state index in [0.29, 0.717) is 16.0 Å². The second-order valence-electron chi connectivity index (χ2n) is 5.67. The molecule has 1 N–H and O–H groups in total. The highest BCUT2D eigenvalue weighted by atomic mass is 35.5. The second kappa shape index (κ2) is 7.84. The molecule has 0 aliphatic heterocycles. The maximum Gasteiger partial charge on any atom is 0.338 e. The lowest BCUT2D eigenvalue weighted by molar-refractivity contribution is -0.125. The van der Waals surface area contributed by atoms with Crippen LogP contribution in [0, 0.1) is 5.92 Å². The molecule has 2 atom stereocenters. The monoisotopic (exact) mass is 343 g/mol. The Labute approximate surface area is 140 Å². The van der Waals surface area contributed by atoms with Gasteiger partial charge in [-0.05, 0) is 37.0 Å². The highest BCUT2D eigenvalue weighted by molar-refractivity contribution is 6.35. The smallest absolute Gasteiger partial charge is 0.338 e. The van der Waals surface area contributed by atoms with Gasteiger partial charge in [0, 0.05) is 16.1 Å². The van der Waals surface area contributed by atoms with E-state index < -0.39 is 5.97 Å². The van der Waals surface area contributed by atoms with Crippen LogP contribution in [0.25, 0.3) is 0 Å². The van der Waals surface area contributed by atoms with Crippen molar-refractivity contribution < 1.29 is 14.3 Å². The molecule has 0 bridgehead atoms. The molecular weight excluding hydrogens is 325 g/mol. The molecule has 1 amide bonds. The number of ether oxygens (including phenoxy) is 1. The topological polar surface area (TPSA) is 55.4 Å². The van der Waals surface area contributed by atoms with E-state index in [0.717, 1.165) is 19.3 Å². The van der Waals surface area contributed by atoms with Gasteiger partial charge in [-0.2, -0.15) is 0 Å². The Morgan fingerprint density at radius 1 is 1.18 bits per heavy atom. The summed E-state index contributed by atoms with van der Waals surface area (Å²) in [6.07, 6.45) is 4.42. The lowest BCUT2D eigenvalue weighted by Gasteiger charge is -2.29. The van der Waals surface area contributed by atoms with Gasteiger partial charge in [0.15, 0.2) is 6.61 Å². The molecule has 0 heterocycles. The fourth-order valence-corrected chi connectivity index (χ4v) is 3.19. The molecule has 1 aliphatic rings. The van der Waals surface area contributed by atoms with Gasteiger partial charge >= 0.3 is 5.97 Å². The average Bonchev–Trinajstić information content (AvgIpc) is 2.46. The number of amides is 1. The number of hydrogen-bond acceptors (Lipinski definition) is 3. The molecule has 4 nitrogen and oxygen atoms in total. The molecule has 0 spiro atoms. The number of esters is 1. The SMILES string of the molecule is CC1CCCCC1NC(=O)COC(=O)c1cc(Cl)cc(Cl)c1. The minimum absolute atomic E-state index is 0.167. The molecule has 1 aromatic carbocycles. The van der Waals surface area contributed by atoms with Crippen LogP contribution in [0.5, 0.6) is 0 Å². The zero-order valence-corrected chi connectivity index (χ0v) is 13.9. The molecule has 1 aromatic rings. The normalized spacial score (nSPS) is 21.2. The van der Waals surface area contributed by atoms with E-state index in [9.17, 15) is 9.59 Å². The van der Waals surface area contributed by atoms with Crippen LogP contribution in [-0.4, -0.2) is 24.5 Å². The van der Waals surface area contributed by atoms with Gasteiger partial charge in [-0.3, -0.25) is 4.79 Å². The summed E-state index contributed by atoms with van der Waals surface area (Å²) >= 11 is 11.7. The third-order valence-electron chi connectivity index (χ3n) is 3.89. The summed E-state index contributed by atoms with van der Waals surface area (Å²) in [5.74, 6) is -0.434. The van der Waals surface area contributed by atoms with E-state index >= 15 is 0 Å². The van der Waals surface area contributed by atoms with E-state index in [1.807, 2.05) is 0 Å². The predicted molar refractivity (Wildman–Crippen MR) is 86.3 cm³/mol. The third kappa shape index (κ3) is 4.89. The van der Waals surface area contributed by atoms with Gasteiger partial charge in [0.2, 0.25) is 0 Å². The van der Waals surface area contributed by atoms with Crippen LogP contribution in [-0.2, 0) is 9.53 Å². The summed E-state index contributed by atoms with van der Waals surface area (Å²) in [6, 6.07) is 4.60. The Morgan fingerprint density at radius 2 is 1.82 bits per heavy atom. The van der Waals surface area contributed by atoms with Gasteiger partial charge in [-0.1, -0.05) is 43.0 Å². The lowest BCUT2D eigenvalue weighted by atomic mass is 9.86. The Kier molecular flexibility index (Phi) is 6.09. The number of hydrogen-bond donors (Lipinski definition) is 1. The molecule has 1 fully saturated rings. The molecule has 2 rings (SSSR count). The van der Waals surface area contributed by atoms with Crippen molar-refractivity contribution in [1.29, 1.82) is 0 Å². The Hall–Kier alpha value is -1.26. The van der Waals surface area contributed by atoms with E-state index in [4.69, 9.17) is 27.9 Å². The summed E-state index contributed by atoms with van der Waals surface area (Å²) in [4.78, 5) is 23.8. The zero-order chi connectivity index (χ0) is 16.1. The maximum absolute atomic E-state index is 11.9. The quantitative estimate of drug-likeness (QED) is 0.845.